The van der Waals surface area contributed by atoms with Gasteiger partial charge in [-0.2, -0.15) is 0 Å². The molecular formula is C60H75F2NO5. The van der Waals surface area contributed by atoms with Crippen LogP contribution in [0.25, 0.3) is 11.1 Å². The topological polar surface area (TPSA) is 81.7 Å². The van der Waals surface area contributed by atoms with Crippen LogP contribution in [0, 0.1) is 11.6 Å². The number of hydrogen-bond donors (Lipinski definition) is 1. The van der Waals surface area contributed by atoms with Gasteiger partial charge in [0.2, 0.25) is 5.91 Å². The quantitative estimate of drug-likeness (QED) is 0.0322. The monoisotopic (exact) mass is 928 g/mol. The van der Waals surface area contributed by atoms with Crippen molar-refractivity contribution in [3.63, 3.8) is 0 Å². The fraction of sp³-hybridized carbons (Fsp3) is 0.350. The van der Waals surface area contributed by atoms with E-state index in [-0.39, 0.29) is 41.4 Å². The van der Waals surface area contributed by atoms with Crippen molar-refractivity contribution in [2.24, 2.45) is 0 Å². The van der Waals surface area contributed by atoms with E-state index in [4.69, 9.17) is 9.47 Å². The van der Waals surface area contributed by atoms with Crippen molar-refractivity contribution < 1.29 is 32.6 Å². The molecule has 0 atom stereocenters. The maximum Gasteiger partial charge on any atom is 0.341 e. The summed E-state index contributed by atoms with van der Waals surface area (Å²) in [6.45, 7) is 4.55. The van der Waals surface area contributed by atoms with Gasteiger partial charge in [0, 0.05) is 31.0 Å². The van der Waals surface area contributed by atoms with E-state index in [9.17, 15) is 23.2 Å². The van der Waals surface area contributed by atoms with Gasteiger partial charge in [-0.15, -0.1) is 0 Å². The second-order valence-electron chi connectivity index (χ2n) is 15.6. The third kappa shape index (κ3) is 30.7. The Hall–Kier alpha value is -6.41. The summed E-state index contributed by atoms with van der Waals surface area (Å²) in [6.07, 6.45) is 64.0. The van der Waals surface area contributed by atoms with Crippen LogP contribution in [0.1, 0.15) is 133 Å². The Labute approximate surface area is 406 Å². The zero-order valence-corrected chi connectivity index (χ0v) is 40.6. The molecule has 1 amide bonds. The van der Waals surface area contributed by atoms with Gasteiger partial charge in [0.1, 0.15) is 22.9 Å². The fourth-order valence-electron chi connectivity index (χ4n) is 6.17. The number of allylic oxidation sites excluding steroid dienone is 24. The van der Waals surface area contributed by atoms with Crippen LogP contribution in [-0.4, -0.2) is 31.0 Å². The maximum absolute atomic E-state index is 14.7. The lowest BCUT2D eigenvalue weighted by Gasteiger charge is -2.13. The summed E-state index contributed by atoms with van der Waals surface area (Å²) in [5, 5.41) is 2.84. The van der Waals surface area contributed by atoms with Crippen LogP contribution in [0.15, 0.2) is 182 Å². The number of carbonyl (C=O) groups excluding carboxylic acids is 3. The second kappa shape index (κ2) is 40.8. The van der Waals surface area contributed by atoms with Crippen molar-refractivity contribution >= 4 is 17.8 Å². The zero-order chi connectivity index (χ0) is 49.0. The summed E-state index contributed by atoms with van der Waals surface area (Å²) in [6, 6.07) is 7.42. The summed E-state index contributed by atoms with van der Waals surface area (Å²) in [5.74, 6) is -3.00. The molecule has 2 aromatic rings. The molecule has 0 aliphatic heterocycles. The molecule has 0 bridgehead atoms. The highest BCUT2D eigenvalue weighted by atomic mass is 19.1. The first-order valence-electron chi connectivity index (χ1n) is 24.4. The van der Waals surface area contributed by atoms with E-state index >= 15 is 0 Å². The van der Waals surface area contributed by atoms with Crippen LogP contribution in [0.3, 0.4) is 0 Å². The molecule has 0 heterocycles. The van der Waals surface area contributed by atoms with Crippen LogP contribution in [0.2, 0.25) is 0 Å². The third-order valence-electron chi connectivity index (χ3n) is 9.79. The number of rotatable bonds is 35. The smallest absolute Gasteiger partial charge is 0.341 e. The molecule has 0 saturated heterocycles. The van der Waals surface area contributed by atoms with Crippen molar-refractivity contribution in [1.29, 1.82) is 0 Å². The predicted molar refractivity (Wildman–Crippen MR) is 280 cm³/mol. The average molecular weight is 928 g/mol. The van der Waals surface area contributed by atoms with Gasteiger partial charge in [-0.05, 0) is 126 Å². The Kier molecular flexibility index (Phi) is 34.7. The second-order valence-corrected chi connectivity index (χ2v) is 15.6. The molecule has 0 aromatic heterocycles. The average Bonchev–Trinajstić information content (AvgIpc) is 3.33. The minimum Gasteiger partial charge on any atom is -0.462 e. The van der Waals surface area contributed by atoms with Gasteiger partial charge in [0.25, 0.3) is 0 Å². The van der Waals surface area contributed by atoms with Gasteiger partial charge in [-0.3, -0.25) is 9.59 Å². The molecule has 0 unspecified atom stereocenters. The number of carbonyl (C=O) groups is 3. The first-order valence-corrected chi connectivity index (χ1v) is 24.4. The van der Waals surface area contributed by atoms with Crippen molar-refractivity contribution in [1.82, 2.24) is 5.32 Å². The van der Waals surface area contributed by atoms with Crippen LogP contribution in [0.4, 0.5) is 8.78 Å². The summed E-state index contributed by atoms with van der Waals surface area (Å²) in [5.41, 5.74) is 0.281. The lowest BCUT2D eigenvalue weighted by Crippen LogP contribution is -2.25. The number of esters is 2. The minimum absolute atomic E-state index is 0.0164. The normalized spacial score (nSPS) is 12.7. The number of halogens is 2. The standard InChI is InChI=1S/C60H75F2NO5/c1-3-5-7-9-11-13-15-17-19-21-23-25-27-29-31-33-35-37-39-42-58(64)63-48-41-49-67-60(66)55-50-52(54-46-45-53(61)51-56(54)62)44-47-57(55)68-59(65)43-40-38-36-34-32-30-28-26-24-22-20-18-16-14-12-10-8-6-4-2/h5-8,11-14,17-20,23-26,29-32,35-38,44-47,50-51H,3-4,9-10,15-16,21-22,27-28,33-34,39-43,48-49H2,1-2H3,(H,63,64)/b7-5-,8-6-,13-11-,14-12-,19-17-,20-18-,25-23-,26-24-,31-29-,32-30-,37-35-,38-36-. The number of amides is 1. The molecule has 1 N–H and O–H groups in total. The van der Waals surface area contributed by atoms with Crippen LogP contribution < -0.4 is 10.1 Å². The number of hydrogen-bond acceptors (Lipinski definition) is 5. The van der Waals surface area contributed by atoms with Crippen molar-refractivity contribution in [2.75, 3.05) is 13.2 Å². The molecule has 0 spiro atoms. The summed E-state index contributed by atoms with van der Waals surface area (Å²) < 4.78 is 39.4. The van der Waals surface area contributed by atoms with Gasteiger partial charge in [-0.25, -0.2) is 13.6 Å². The van der Waals surface area contributed by atoms with Crippen LogP contribution >= 0.6 is 0 Å². The van der Waals surface area contributed by atoms with E-state index in [2.05, 4.69) is 141 Å². The van der Waals surface area contributed by atoms with Crippen molar-refractivity contribution in [3.05, 3.63) is 199 Å². The third-order valence-corrected chi connectivity index (χ3v) is 9.79. The largest absolute Gasteiger partial charge is 0.462 e. The van der Waals surface area contributed by atoms with Crippen LogP contribution in [0.5, 0.6) is 5.75 Å². The Bertz CT molecular complexity index is 2110. The van der Waals surface area contributed by atoms with Crippen molar-refractivity contribution in [3.8, 4) is 16.9 Å². The molecule has 0 aliphatic carbocycles. The van der Waals surface area contributed by atoms with E-state index < -0.39 is 23.6 Å². The van der Waals surface area contributed by atoms with Gasteiger partial charge >= 0.3 is 11.9 Å². The van der Waals surface area contributed by atoms with E-state index in [0.29, 0.717) is 32.2 Å². The van der Waals surface area contributed by atoms with Crippen LogP contribution in [-0.2, 0) is 14.3 Å². The number of nitrogens with one attached hydrogen (secondary N) is 1. The lowest BCUT2D eigenvalue weighted by molar-refractivity contribution is -0.134. The number of benzene rings is 2. The molecule has 0 radical (unpaired) electrons. The molecule has 2 rings (SSSR count). The first kappa shape index (κ1) is 57.7. The van der Waals surface area contributed by atoms with Gasteiger partial charge in [0.15, 0.2) is 0 Å². The Morgan fingerprint density at radius 3 is 1.38 bits per heavy atom. The minimum atomic E-state index is -0.804. The van der Waals surface area contributed by atoms with Crippen molar-refractivity contribution in [2.45, 2.75) is 123 Å². The van der Waals surface area contributed by atoms with E-state index in [1.165, 1.54) is 24.3 Å². The molecule has 2 aromatic carbocycles. The highest BCUT2D eigenvalue weighted by molar-refractivity contribution is 5.95. The van der Waals surface area contributed by atoms with Gasteiger partial charge < -0.3 is 14.8 Å². The van der Waals surface area contributed by atoms with Gasteiger partial charge in [0.05, 0.1) is 6.61 Å². The number of ether oxygens (including phenoxy) is 2. The SMILES string of the molecule is CC/C=C\C/C=C\C/C=C\C/C=C\C/C=C\C/C=C\CCC(=O)NCCCOC(=O)c1cc(-c2ccc(F)cc2F)ccc1OC(=O)CC/C=C\C/C=C\C/C=C\C/C=C\C/C=C\C/C=C\CC. The molecule has 8 heteroatoms. The Morgan fingerprint density at radius 1 is 0.515 bits per heavy atom. The Balaban J connectivity index is 1.72. The van der Waals surface area contributed by atoms with Gasteiger partial charge in [-0.1, -0.05) is 166 Å². The van der Waals surface area contributed by atoms with E-state index in [1.54, 1.807) is 0 Å². The molecule has 0 aliphatic rings. The molecule has 0 saturated carbocycles. The summed E-state index contributed by atoms with van der Waals surface area (Å²) in [4.78, 5) is 38.5. The first-order chi connectivity index (χ1) is 33.3. The van der Waals surface area contributed by atoms with E-state index in [0.717, 1.165) is 89.2 Å². The highest BCUT2D eigenvalue weighted by Crippen LogP contribution is 2.30. The Morgan fingerprint density at radius 2 is 0.941 bits per heavy atom. The van der Waals surface area contributed by atoms with E-state index in [1.807, 2.05) is 24.3 Å². The molecule has 6 nitrogen and oxygen atoms in total. The predicted octanol–water partition coefficient (Wildman–Crippen LogP) is 16.2. The molecule has 0 fully saturated rings. The lowest BCUT2D eigenvalue weighted by atomic mass is 10.0. The summed E-state index contributed by atoms with van der Waals surface area (Å²) in [7, 11) is 0. The fourth-order valence-corrected chi connectivity index (χ4v) is 6.17. The highest BCUT2D eigenvalue weighted by Gasteiger charge is 2.19. The molecule has 68 heavy (non-hydrogen) atoms. The molecular weight excluding hydrogens is 853 g/mol. The maximum atomic E-state index is 14.7. The summed E-state index contributed by atoms with van der Waals surface area (Å²) >= 11 is 0. The zero-order valence-electron chi connectivity index (χ0n) is 40.6. The molecule has 364 valence electrons.